The number of nitrogens with two attached hydrogens (primary N) is 1. The molecule has 0 spiro atoms. The zero-order chi connectivity index (χ0) is 17.8. The van der Waals surface area contributed by atoms with Crippen molar-refractivity contribution < 1.29 is 14.1 Å². The topological polar surface area (TPSA) is 103 Å². The van der Waals surface area contributed by atoms with Gasteiger partial charge in [-0.2, -0.15) is 4.98 Å². The average Bonchev–Trinajstić information content (AvgIpc) is 3.10. The zero-order valence-electron chi connectivity index (χ0n) is 13.3. The van der Waals surface area contributed by atoms with Crippen molar-refractivity contribution in [2.45, 2.75) is 0 Å². The molecular weight excluding hydrogens is 388 g/mol. The fourth-order valence-corrected chi connectivity index (χ4v) is 2.64. The van der Waals surface area contributed by atoms with E-state index in [-0.39, 0.29) is 12.5 Å². The second-order valence-corrected chi connectivity index (χ2v) is 5.99. The van der Waals surface area contributed by atoms with Gasteiger partial charge in [0.05, 0.1) is 24.0 Å². The summed E-state index contributed by atoms with van der Waals surface area (Å²) in [6.07, 6.45) is 0. The fourth-order valence-electron chi connectivity index (χ4n) is 2.19. The summed E-state index contributed by atoms with van der Waals surface area (Å²) in [7, 11) is 1.33. The van der Waals surface area contributed by atoms with E-state index in [1.807, 2.05) is 24.3 Å². The summed E-state index contributed by atoms with van der Waals surface area (Å²) in [6.45, 7) is 0.0361. The van der Waals surface area contributed by atoms with E-state index in [2.05, 4.69) is 36.1 Å². The molecule has 128 valence electrons. The predicted octanol–water partition coefficient (Wildman–Crippen LogP) is 3.33. The monoisotopic (exact) mass is 402 g/mol. The largest absolute Gasteiger partial charge is 0.468 e. The number of nitrogen functional groups attached to an aromatic ring is 1. The van der Waals surface area contributed by atoms with E-state index >= 15 is 0 Å². The lowest BCUT2D eigenvalue weighted by Gasteiger charge is -2.08. The molecule has 2 aromatic carbocycles. The number of ether oxygens (including phenoxy) is 1. The molecule has 1 heterocycles. The number of methoxy groups -OCH3 is 1. The third-order valence-electron chi connectivity index (χ3n) is 3.49. The minimum atomic E-state index is -0.375. The lowest BCUT2D eigenvalue weighted by molar-refractivity contribution is -0.138. The van der Waals surface area contributed by atoms with Gasteiger partial charge in [0, 0.05) is 10.0 Å². The van der Waals surface area contributed by atoms with Crippen molar-refractivity contribution in [2.75, 3.05) is 24.7 Å². The molecule has 0 atom stereocenters. The number of aromatic nitrogens is 2. The van der Waals surface area contributed by atoms with Crippen LogP contribution in [-0.4, -0.2) is 29.8 Å². The smallest absolute Gasteiger partial charge is 0.325 e. The summed E-state index contributed by atoms with van der Waals surface area (Å²) in [5.41, 5.74) is 8.64. The predicted molar refractivity (Wildman–Crippen MR) is 97.8 cm³/mol. The van der Waals surface area contributed by atoms with Crippen LogP contribution in [-0.2, 0) is 9.53 Å². The van der Waals surface area contributed by atoms with E-state index in [0.717, 1.165) is 10.0 Å². The molecule has 0 aliphatic rings. The van der Waals surface area contributed by atoms with Crippen LogP contribution in [0.5, 0.6) is 0 Å². The Kier molecular flexibility index (Phi) is 4.99. The number of rotatable bonds is 5. The van der Waals surface area contributed by atoms with Gasteiger partial charge >= 0.3 is 5.97 Å². The fraction of sp³-hybridized carbons (Fsp3) is 0.118. The first-order valence-corrected chi connectivity index (χ1v) is 8.17. The van der Waals surface area contributed by atoms with Gasteiger partial charge in [0.1, 0.15) is 6.54 Å². The molecule has 3 rings (SSSR count). The maximum atomic E-state index is 11.2. The maximum Gasteiger partial charge on any atom is 0.325 e. The maximum absolute atomic E-state index is 11.2. The van der Waals surface area contributed by atoms with Crippen LogP contribution in [0.1, 0.15) is 0 Å². The Bertz CT molecular complexity index is 910. The van der Waals surface area contributed by atoms with Gasteiger partial charge in [-0.15, -0.1) is 0 Å². The molecule has 0 aliphatic carbocycles. The number of nitrogens with zero attached hydrogens (tertiary/aromatic N) is 2. The standard InChI is InChI=1S/C17H15BrN4O3/c1-24-15(23)9-20-14-7-6-10(8-13(14)19)16-21-17(25-22-16)11-4-2-3-5-12(11)18/h2-8,20H,9,19H2,1H3. The summed E-state index contributed by atoms with van der Waals surface area (Å²) >= 11 is 3.46. The molecule has 3 N–H and O–H groups in total. The SMILES string of the molecule is COC(=O)CNc1ccc(-c2noc(-c3ccccc3Br)n2)cc1N. The number of anilines is 2. The minimum absolute atomic E-state index is 0.0361. The van der Waals surface area contributed by atoms with Crippen molar-refractivity contribution >= 4 is 33.3 Å². The van der Waals surface area contributed by atoms with Gasteiger partial charge in [0.25, 0.3) is 5.89 Å². The van der Waals surface area contributed by atoms with E-state index < -0.39 is 0 Å². The lowest BCUT2D eigenvalue weighted by Crippen LogP contribution is -2.15. The van der Waals surface area contributed by atoms with Crippen molar-refractivity contribution in [3.05, 3.63) is 46.9 Å². The van der Waals surface area contributed by atoms with Crippen LogP contribution in [0.3, 0.4) is 0 Å². The molecule has 8 heteroatoms. The normalized spacial score (nSPS) is 10.5. The summed E-state index contributed by atoms with van der Waals surface area (Å²) in [6, 6.07) is 12.9. The number of esters is 1. The van der Waals surface area contributed by atoms with Crippen molar-refractivity contribution in [1.29, 1.82) is 0 Å². The quantitative estimate of drug-likeness (QED) is 0.498. The van der Waals surface area contributed by atoms with E-state index in [4.69, 9.17) is 10.3 Å². The van der Waals surface area contributed by atoms with Gasteiger partial charge in [0.15, 0.2) is 0 Å². The molecule has 0 aliphatic heterocycles. The number of benzene rings is 2. The van der Waals surface area contributed by atoms with E-state index in [0.29, 0.717) is 28.7 Å². The van der Waals surface area contributed by atoms with Crippen molar-refractivity contribution in [3.8, 4) is 22.8 Å². The Labute approximate surface area is 152 Å². The first-order chi connectivity index (χ1) is 12.1. The molecule has 0 bridgehead atoms. The number of hydrogen-bond donors (Lipinski definition) is 2. The Morgan fingerprint density at radius 1 is 1.32 bits per heavy atom. The molecule has 0 saturated carbocycles. The number of carbonyl (C=O) groups excluding carboxylic acids is 1. The van der Waals surface area contributed by atoms with E-state index in [1.165, 1.54) is 7.11 Å². The average molecular weight is 403 g/mol. The van der Waals surface area contributed by atoms with Gasteiger partial charge in [-0.1, -0.05) is 17.3 Å². The highest BCUT2D eigenvalue weighted by molar-refractivity contribution is 9.10. The van der Waals surface area contributed by atoms with Crippen molar-refractivity contribution in [1.82, 2.24) is 10.1 Å². The van der Waals surface area contributed by atoms with E-state index in [9.17, 15) is 4.79 Å². The molecule has 1 aromatic heterocycles. The third-order valence-corrected chi connectivity index (χ3v) is 4.18. The molecule has 0 unspecified atom stereocenters. The molecule has 0 amide bonds. The van der Waals surface area contributed by atoms with Gasteiger partial charge < -0.3 is 20.3 Å². The highest BCUT2D eigenvalue weighted by Crippen LogP contribution is 2.30. The van der Waals surface area contributed by atoms with Gasteiger partial charge in [-0.3, -0.25) is 4.79 Å². The highest BCUT2D eigenvalue weighted by Gasteiger charge is 2.14. The molecule has 7 nitrogen and oxygen atoms in total. The van der Waals surface area contributed by atoms with Crippen LogP contribution < -0.4 is 11.1 Å². The zero-order valence-corrected chi connectivity index (χ0v) is 14.9. The second kappa shape index (κ2) is 7.35. The summed E-state index contributed by atoms with van der Waals surface area (Å²) < 4.78 is 10.8. The Hall–Kier alpha value is -2.87. The van der Waals surface area contributed by atoms with Gasteiger partial charge in [-0.25, -0.2) is 0 Å². The minimum Gasteiger partial charge on any atom is -0.468 e. The number of halogens is 1. The summed E-state index contributed by atoms with van der Waals surface area (Å²) in [5, 5.41) is 6.92. The molecule has 0 radical (unpaired) electrons. The van der Waals surface area contributed by atoms with Crippen LogP contribution in [0.4, 0.5) is 11.4 Å². The van der Waals surface area contributed by atoms with Crippen LogP contribution in [0, 0.1) is 0 Å². The highest BCUT2D eigenvalue weighted by atomic mass is 79.9. The van der Waals surface area contributed by atoms with Gasteiger partial charge in [-0.05, 0) is 46.3 Å². The number of carbonyl (C=O) groups is 1. The van der Waals surface area contributed by atoms with E-state index in [1.54, 1.807) is 18.2 Å². The molecule has 25 heavy (non-hydrogen) atoms. The summed E-state index contributed by atoms with van der Waals surface area (Å²) in [4.78, 5) is 15.6. The van der Waals surface area contributed by atoms with Gasteiger partial charge in [0.2, 0.25) is 5.82 Å². The first kappa shape index (κ1) is 17.0. The van der Waals surface area contributed by atoms with Crippen LogP contribution in [0.15, 0.2) is 51.5 Å². The Morgan fingerprint density at radius 2 is 2.12 bits per heavy atom. The van der Waals surface area contributed by atoms with Crippen LogP contribution >= 0.6 is 15.9 Å². The lowest BCUT2D eigenvalue weighted by atomic mass is 10.1. The molecule has 0 fully saturated rings. The Balaban J connectivity index is 1.82. The molecule has 0 saturated heterocycles. The third kappa shape index (κ3) is 3.80. The van der Waals surface area contributed by atoms with Crippen molar-refractivity contribution in [2.24, 2.45) is 0 Å². The number of nitrogens with one attached hydrogen (secondary N) is 1. The Morgan fingerprint density at radius 3 is 2.84 bits per heavy atom. The second-order valence-electron chi connectivity index (χ2n) is 5.13. The number of hydrogen-bond acceptors (Lipinski definition) is 7. The van der Waals surface area contributed by atoms with Crippen LogP contribution in [0.25, 0.3) is 22.8 Å². The van der Waals surface area contributed by atoms with Crippen molar-refractivity contribution in [3.63, 3.8) is 0 Å². The molecule has 3 aromatic rings. The summed E-state index contributed by atoms with van der Waals surface area (Å²) in [5.74, 6) is 0.464. The molecular formula is C17H15BrN4O3. The van der Waals surface area contributed by atoms with Crippen LogP contribution in [0.2, 0.25) is 0 Å². The first-order valence-electron chi connectivity index (χ1n) is 7.37.